The van der Waals surface area contributed by atoms with Crippen LogP contribution in [-0.2, 0) is 0 Å². The number of rotatable bonds is 5. The molecule has 0 fully saturated rings. The fraction of sp³-hybridized carbons (Fsp3) is 0.133. The predicted molar refractivity (Wildman–Crippen MR) is 78.5 cm³/mol. The molecule has 7 heteroatoms. The van der Waals surface area contributed by atoms with Crippen molar-refractivity contribution in [1.29, 1.82) is 15.8 Å². The van der Waals surface area contributed by atoms with Crippen molar-refractivity contribution in [2.45, 2.75) is 6.04 Å². The van der Waals surface area contributed by atoms with Crippen molar-refractivity contribution in [3.8, 4) is 18.2 Å². The number of non-ortho nitro benzene ring substituents is 1. The van der Waals surface area contributed by atoms with Gasteiger partial charge in [0.25, 0.3) is 5.69 Å². The molecule has 0 aromatic heterocycles. The van der Waals surface area contributed by atoms with Crippen LogP contribution in [0, 0.1) is 50.0 Å². The van der Waals surface area contributed by atoms with Crippen LogP contribution in [0.3, 0.4) is 0 Å². The molecular weight excluding hydrogens is 282 g/mol. The predicted octanol–water partition coefficient (Wildman–Crippen LogP) is 2.05. The molecule has 1 unspecified atom stereocenters. The van der Waals surface area contributed by atoms with E-state index < -0.39 is 16.9 Å². The Morgan fingerprint density at radius 2 is 1.82 bits per heavy atom. The summed E-state index contributed by atoms with van der Waals surface area (Å²) in [4.78, 5) is 10.0. The molecule has 1 rings (SSSR count). The van der Waals surface area contributed by atoms with E-state index in [0.717, 1.165) is 0 Å². The van der Waals surface area contributed by atoms with Gasteiger partial charge in [-0.3, -0.25) is 10.1 Å². The largest absolute Gasteiger partial charge is 0.321 e. The van der Waals surface area contributed by atoms with Gasteiger partial charge in [-0.05, 0) is 23.8 Å². The molecule has 0 bridgehead atoms. The zero-order valence-electron chi connectivity index (χ0n) is 11.4. The number of nitrogens with zero attached hydrogens (tertiary/aromatic N) is 4. The highest BCUT2D eigenvalue weighted by Crippen LogP contribution is 2.14. The second-order valence-corrected chi connectivity index (χ2v) is 4.20. The van der Waals surface area contributed by atoms with Crippen LogP contribution in [0.25, 0.3) is 6.08 Å². The van der Waals surface area contributed by atoms with Crippen LogP contribution in [-0.4, -0.2) is 11.0 Å². The third-order valence-corrected chi connectivity index (χ3v) is 2.79. The van der Waals surface area contributed by atoms with Gasteiger partial charge in [-0.2, -0.15) is 15.8 Å². The van der Waals surface area contributed by atoms with Crippen LogP contribution in [0.15, 0.2) is 42.0 Å². The lowest BCUT2D eigenvalue weighted by Gasteiger charge is -2.09. The van der Waals surface area contributed by atoms with Crippen molar-refractivity contribution in [2.24, 2.45) is 11.7 Å². The first kappa shape index (κ1) is 16.6. The van der Waals surface area contributed by atoms with E-state index >= 15 is 0 Å². The zero-order valence-corrected chi connectivity index (χ0v) is 11.4. The third-order valence-electron chi connectivity index (χ3n) is 2.79. The van der Waals surface area contributed by atoms with E-state index in [2.05, 4.69) is 0 Å². The number of nitrogens with two attached hydrogens (primary N) is 1. The molecule has 0 aliphatic carbocycles. The Labute approximate surface area is 127 Å². The van der Waals surface area contributed by atoms with E-state index in [4.69, 9.17) is 21.5 Å². The van der Waals surface area contributed by atoms with Crippen LogP contribution < -0.4 is 5.73 Å². The Morgan fingerprint density at radius 3 is 2.27 bits per heavy atom. The molecule has 2 N–H and O–H groups in total. The van der Waals surface area contributed by atoms with Crippen molar-refractivity contribution in [2.75, 3.05) is 0 Å². The van der Waals surface area contributed by atoms with Crippen LogP contribution in [0.4, 0.5) is 5.69 Å². The minimum absolute atomic E-state index is 0.0155. The highest BCUT2D eigenvalue weighted by atomic mass is 16.6. The van der Waals surface area contributed by atoms with Crippen molar-refractivity contribution >= 4 is 11.8 Å². The first-order valence-corrected chi connectivity index (χ1v) is 6.11. The summed E-state index contributed by atoms with van der Waals surface area (Å²) >= 11 is 0. The van der Waals surface area contributed by atoms with Crippen LogP contribution in [0.2, 0.25) is 0 Å². The molecule has 0 amide bonds. The number of benzene rings is 1. The Kier molecular flexibility index (Phi) is 6.00. The lowest BCUT2D eigenvalue weighted by atomic mass is 9.96. The molecule has 1 aromatic rings. The van der Waals surface area contributed by atoms with Crippen molar-refractivity contribution < 1.29 is 4.92 Å². The quantitative estimate of drug-likeness (QED) is 0.381. The number of allylic oxidation sites excluding steroid dienone is 2. The maximum absolute atomic E-state index is 10.5. The Hall–Kier alpha value is -3.47. The van der Waals surface area contributed by atoms with Gasteiger partial charge in [-0.1, -0.05) is 12.2 Å². The smallest absolute Gasteiger partial charge is 0.269 e. The molecule has 0 aliphatic rings. The molecule has 0 aliphatic heterocycles. The molecule has 0 saturated heterocycles. The molecule has 1 aromatic carbocycles. The fourth-order valence-corrected chi connectivity index (χ4v) is 1.56. The lowest BCUT2D eigenvalue weighted by molar-refractivity contribution is -0.384. The second kappa shape index (κ2) is 7.96. The fourth-order valence-electron chi connectivity index (χ4n) is 1.56. The minimum atomic E-state index is -1.10. The average Bonchev–Trinajstić information content (AvgIpc) is 2.53. The van der Waals surface area contributed by atoms with Gasteiger partial charge in [0, 0.05) is 17.7 Å². The number of hydrogen-bond donors (Lipinski definition) is 1. The van der Waals surface area contributed by atoms with E-state index in [9.17, 15) is 10.1 Å². The van der Waals surface area contributed by atoms with Gasteiger partial charge in [-0.25, -0.2) is 0 Å². The average molecular weight is 293 g/mol. The topological polar surface area (TPSA) is 141 Å². The van der Waals surface area contributed by atoms with Crippen molar-refractivity contribution in [3.05, 3.63) is 57.7 Å². The summed E-state index contributed by atoms with van der Waals surface area (Å²) in [6.45, 7) is 0. The standard InChI is InChI=1S/C15H11N5O2/c16-8-12(15(19)13(9-17)10-18)3-1-2-11-4-6-14(7-5-11)20(21)22/h1-7,13,15H,19H2. The SMILES string of the molecule is N#CC(=CC=Cc1ccc([N+](=O)[O-])cc1)C(N)C(C#N)C#N. The summed E-state index contributed by atoms with van der Waals surface area (Å²) in [5.74, 6) is -1.10. The molecule has 1 atom stereocenters. The van der Waals surface area contributed by atoms with Crippen molar-refractivity contribution in [3.63, 3.8) is 0 Å². The molecule has 0 spiro atoms. The Balaban J connectivity index is 2.89. The summed E-state index contributed by atoms with van der Waals surface area (Å²) in [7, 11) is 0. The van der Waals surface area contributed by atoms with E-state index in [0.29, 0.717) is 5.56 Å². The summed E-state index contributed by atoms with van der Waals surface area (Å²) in [6, 6.07) is 10.2. The first-order chi connectivity index (χ1) is 10.5. The van der Waals surface area contributed by atoms with E-state index in [1.807, 2.05) is 6.07 Å². The Bertz CT molecular complexity index is 715. The maximum atomic E-state index is 10.5. The van der Waals surface area contributed by atoms with Gasteiger partial charge < -0.3 is 5.73 Å². The van der Waals surface area contributed by atoms with Crippen LogP contribution in [0.1, 0.15) is 5.56 Å². The number of nitro benzene ring substituents is 1. The Morgan fingerprint density at radius 1 is 1.23 bits per heavy atom. The lowest BCUT2D eigenvalue weighted by Crippen LogP contribution is -2.29. The van der Waals surface area contributed by atoms with Crippen LogP contribution in [0.5, 0.6) is 0 Å². The molecule has 0 radical (unpaired) electrons. The second-order valence-electron chi connectivity index (χ2n) is 4.20. The number of nitriles is 3. The third kappa shape index (κ3) is 4.28. The summed E-state index contributed by atoms with van der Waals surface area (Å²) in [5, 5.41) is 37.0. The van der Waals surface area contributed by atoms with Gasteiger partial charge in [0.15, 0.2) is 5.92 Å². The van der Waals surface area contributed by atoms with Gasteiger partial charge in [-0.15, -0.1) is 0 Å². The van der Waals surface area contributed by atoms with E-state index in [-0.39, 0.29) is 11.3 Å². The molecule has 108 valence electrons. The zero-order chi connectivity index (χ0) is 16.5. The maximum Gasteiger partial charge on any atom is 0.269 e. The monoisotopic (exact) mass is 293 g/mol. The minimum Gasteiger partial charge on any atom is -0.321 e. The van der Waals surface area contributed by atoms with Gasteiger partial charge in [0.05, 0.1) is 29.2 Å². The number of nitro groups is 1. The molecular formula is C15H11N5O2. The summed E-state index contributed by atoms with van der Waals surface area (Å²) in [5.41, 5.74) is 6.47. The molecule has 0 saturated carbocycles. The van der Waals surface area contributed by atoms with Gasteiger partial charge in [0.2, 0.25) is 0 Å². The van der Waals surface area contributed by atoms with E-state index in [1.165, 1.54) is 24.3 Å². The first-order valence-electron chi connectivity index (χ1n) is 6.11. The molecule has 22 heavy (non-hydrogen) atoms. The number of hydrogen-bond acceptors (Lipinski definition) is 6. The molecule has 0 heterocycles. The highest BCUT2D eigenvalue weighted by molar-refractivity contribution is 5.54. The van der Waals surface area contributed by atoms with E-state index in [1.54, 1.807) is 30.3 Å². The molecule has 7 nitrogen and oxygen atoms in total. The summed E-state index contributed by atoms with van der Waals surface area (Å²) < 4.78 is 0. The van der Waals surface area contributed by atoms with Crippen LogP contribution >= 0.6 is 0 Å². The van der Waals surface area contributed by atoms with Crippen molar-refractivity contribution in [1.82, 2.24) is 0 Å². The summed E-state index contributed by atoms with van der Waals surface area (Å²) in [6.07, 6.45) is 4.57. The highest BCUT2D eigenvalue weighted by Gasteiger charge is 2.20. The normalized spacial score (nSPS) is 12.4. The van der Waals surface area contributed by atoms with Gasteiger partial charge in [0.1, 0.15) is 0 Å². The van der Waals surface area contributed by atoms with Gasteiger partial charge >= 0.3 is 0 Å².